The maximum atomic E-state index is 12.1. The molecule has 1 heterocycles. The van der Waals surface area contributed by atoms with E-state index in [1.54, 1.807) is 19.9 Å². The Morgan fingerprint density at radius 3 is 2.08 bits per heavy atom. The summed E-state index contributed by atoms with van der Waals surface area (Å²) in [6, 6.07) is 1.78. The summed E-state index contributed by atoms with van der Waals surface area (Å²) in [5.41, 5.74) is 0.807. The Balaban J connectivity index is 2.18. The van der Waals surface area contributed by atoms with Gasteiger partial charge in [-0.1, -0.05) is 30.1 Å². The summed E-state index contributed by atoms with van der Waals surface area (Å²) < 4.78 is 9.90. The molecule has 2 rings (SSSR count). The Kier molecular flexibility index (Phi) is 6.23. The minimum atomic E-state index is -0.877. The van der Waals surface area contributed by atoms with Gasteiger partial charge in [0.25, 0.3) is 0 Å². The second-order valence-electron chi connectivity index (χ2n) is 5.09. The topological polar surface area (TPSA) is 117 Å². The van der Waals surface area contributed by atoms with Crippen LogP contribution in [0.25, 0.3) is 0 Å². The van der Waals surface area contributed by atoms with Crippen LogP contribution in [-0.4, -0.2) is 35.4 Å². The zero-order valence-electron chi connectivity index (χ0n) is 14.0. The van der Waals surface area contributed by atoms with Crippen molar-refractivity contribution in [3.63, 3.8) is 0 Å². The summed E-state index contributed by atoms with van der Waals surface area (Å²) in [7, 11) is 0. The number of benzene rings is 1. The van der Waals surface area contributed by atoms with Crippen LogP contribution in [0, 0.1) is 25.2 Å². The Labute approximate surface area is 158 Å². The van der Waals surface area contributed by atoms with Gasteiger partial charge in [-0.05, 0) is 25.0 Å². The van der Waals surface area contributed by atoms with Crippen LogP contribution >= 0.6 is 23.5 Å². The van der Waals surface area contributed by atoms with E-state index in [1.807, 2.05) is 0 Å². The molecule has 1 aromatic rings. The summed E-state index contributed by atoms with van der Waals surface area (Å²) in [5.74, 6) is -1.51. The molecule has 0 saturated carbocycles. The highest BCUT2D eigenvalue weighted by atomic mass is 32.2. The van der Waals surface area contributed by atoms with Crippen LogP contribution in [0.15, 0.2) is 32.3 Å². The van der Waals surface area contributed by atoms with E-state index in [-0.39, 0.29) is 30.3 Å². The van der Waals surface area contributed by atoms with Crippen LogP contribution in [0.1, 0.15) is 11.1 Å². The van der Waals surface area contributed by atoms with Gasteiger partial charge in [-0.25, -0.2) is 9.59 Å². The van der Waals surface area contributed by atoms with Gasteiger partial charge in [0.15, 0.2) is 5.57 Å². The van der Waals surface area contributed by atoms with E-state index in [4.69, 9.17) is 4.74 Å². The van der Waals surface area contributed by atoms with Crippen molar-refractivity contribution in [2.75, 3.05) is 13.2 Å². The molecule has 136 valence electrons. The minimum absolute atomic E-state index is 0.00444. The highest BCUT2D eigenvalue weighted by Gasteiger charge is 2.32. The fourth-order valence-electron chi connectivity index (χ4n) is 1.99. The lowest BCUT2D eigenvalue weighted by Crippen LogP contribution is -2.14. The maximum Gasteiger partial charge on any atom is 0.350 e. The Hall–Kier alpha value is -2.57. The third kappa shape index (κ3) is 3.81. The summed E-state index contributed by atoms with van der Waals surface area (Å²) in [6.07, 6.45) is 0.983. The molecular weight excluding hydrogens is 378 g/mol. The number of carbonyl (C=O) groups is 2. The first kappa shape index (κ1) is 19.8. The summed E-state index contributed by atoms with van der Waals surface area (Å²) in [6.45, 7) is 6.20. The van der Waals surface area contributed by atoms with Crippen LogP contribution in [0.2, 0.25) is 0 Å². The molecule has 26 heavy (non-hydrogen) atoms. The molecule has 0 spiro atoms. The number of phenols is 2. The molecule has 0 aliphatic carbocycles. The van der Waals surface area contributed by atoms with Crippen molar-refractivity contribution in [3.05, 3.63) is 33.6 Å². The van der Waals surface area contributed by atoms with Crippen molar-refractivity contribution >= 4 is 35.5 Å². The first-order valence-electron chi connectivity index (χ1n) is 7.33. The van der Waals surface area contributed by atoms with Crippen molar-refractivity contribution in [1.82, 2.24) is 0 Å². The Morgan fingerprint density at radius 2 is 1.62 bits per heavy atom. The number of rotatable bonds is 5. The van der Waals surface area contributed by atoms with Crippen LogP contribution in [0.4, 0.5) is 0 Å². The molecule has 0 bridgehead atoms. The molecule has 1 aliphatic heterocycles. The van der Waals surface area contributed by atoms with E-state index in [2.05, 4.69) is 11.3 Å². The van der Waals surface area contributed by atoms with Gasteiger partial charge in [0.1, 0.15) is 30.8 Å². The third-order valence-corrected chi connectivity index (χ3v) is 6.16. The van der Waals surface area contributed by atoms with Crippen molar-refractivity contribution in [3.8, 4) is 17.6 Å². The zero-order valence-corrected chi connectivity index (χ0v) is 15.6. The van der Waals surface area contributed by atoms with Gasteiger partial charge in [0, 0.05) is 6.08 Å². The largest absolute Gasteiger partial charge is 0.506 e. The fourth-order valence-corrected chi connectivity index (χ4v) is 4.62. The van der Waals surface area contributed by atoms with E-state index in [1.165, 1.54) is 0 Å². The molecule has 0 aromatic heterocycles. The third-order valence-electron chi connectivity index (χ3n) is 3.55. The lowest BCUT2D eigenvalue weighted by atomic mass is 10.1. The quantitative estimate of drug-likeness (QED) is 0.256. The van der Waals surface area contributed by atoms with Gasteiger partial charge in [-0.15, -0.1) is 0 Å². The number of esters is 2. The van der Waals surface area contributed by atoms with Crippen LogP contribution in [0.5, 0.6) is 11.5 Å². The second kappa shape index (κ2) is 8.21. The average molecular weight is 393 g/mol. The number of aromatic hydroxyl groups is 2. The van der Waals surface area contributed by atoms with Crippen molar-refractivity contribution in [2.24, 2.45) is 0 Å². The van der Waals surface area contributed by atoms with E-state index in [0.29, 0.717) is 25.2 Å². The van der Waals surface area contributed by atoms with Gasteiger partial charge >= 0.3 is 11.9 Å². The number of hydrogen-bond donors (Lipinski definition) is 2. The first-order valence-corrected chi connectivity index (χ1v) is 8.96. The van der Waals surface area contributed by atoms with Crippen molar-refractivity contribution in [1.29, 1.82) is 5.26 Å². The number of carbonyl (C=O) groups excluding carboxylic acids is 2. The van der Waals surface area contributed by atoms with Gasteiger partial charge in [-0.3, -0.25) is 0 Å². The number of ether oxygens (including phenoxy) is 2. The molecule has 1 aromatic carbocycles. The zero-order chi connectivity index (χ0) is 19.4. The smallest absolute Gasteiger partial charge is 0.350 e. The van der Waals surface area contributed by atoms with Crippen LogP contribution in [0.3, 0.4) is 0 Å². The predicted molar refractivity (Wildman–Crippen MR) is 95.7 cm³/mol. The number of phenolic OH excluding ortho intramolecular Hbond substituents is 2. The van der Waals surface area contributed by atoms with Crippen LogP contribution < -0.4 is 0 Å². The lowest BCUT2D eigenvalue weighted by Gasteiger charge is -2.10. The summed E-state index contributed by atoms with van der Waals surface area (Å²) >= 11 is 2.04. The summed E-state index contributed by atoms with van der Waals surface area (Å²) in [4.78, 5) is 23.8. The van der Waals surface area contributed by atoms with Crippen LogP contribution in [-0.2, 0) is 19.1 Å². The monoisotopic (exact) mass is 393 g/mol. The number of thioether (sulfide) groups is 2. The lowest BCUT2D eigenvalue weighted by molar-refractivity contribution is -0.146. The molecule has 0 unspecified atom stereocenters. The fraction of sp³-hybridized carbons (Fsp3) is 0.235. The Bertz CT molecular complexity index is 830. The van der Waals surface area contributed by atoms with Gasteiger partial charge in [0.2, 0.25) is 0 Å². The van der Waals surface area contributed by atoms with Gasteiger partial charge in [0.05, 0.1) is 14.0 Å². The molecule has 2 N–H and O–H groups in total. The molecule has 0 atom stereocenters. The standard InChI is InChI=1S/C17H15NO6S2/c1-4-11(19)23-5-6-24-16(22)10(7-18)17-25-14-12(20)8(2)9(3)13(21)15(14)26-17/h4,20-21H,1,5-6H2,2-3H3. The molecular formula is C17H15NO6S2. The SMILES string of the molecule is C=CC(=O)OCCOC(=O)C(C#N)=C1Sc2c(O)c(C)c(C)c(O)c2S1. The number of hydrogen-bond acceptors (Lipinski definition) is 9. The van der Waals surface area contributed by atoms with Crippen molar-refractivity contribution in [2.45, 2.75) is 23.6 Å². The summed E-state index contributed by atoms with van der Waals surface area (Å²) in [5, 5.41) is 29.8. The van der Waals surface area contributed by atoms with E-state index < -0.39 is 11.9 Å². The molecule has 9 heteroatoms. The molecule has 7 nitrogen and oxygen atoms in total. The second-order valence-corrected chi connectivity index (χ2v) is 7.39. The van der Waals surface area contributed by atoms with E-state index in [0.717, 1.165) is 29.6 Å². The number of nitrogens with zero attached hydrogens (tertiary/aromatic N) is 1. The average Bonchev–Trinajstić information content (AvgIpc) is 3.07. The van der Waals surface area contributed by atoms with E-state index in [9.17, 15) is 25.1 Å². The number of nitriles is 1. The molecule has 1 aliphatic rings. The minimum Gasteiger partial charge on any atom is -0.506 e. The molecule has 0 radical (unpaired) electrons. The molecule has 0 amide bonds. The molecule has 0 fully saturated rings. The van der Waals surface area contributed by atoms with Crippen molar-refractivity contribution < 1.29 is 29.3 Å². The Morgan fingerprint density at radius 1 is 1.12 bits per heavy atom. The predicted octanol–water partition coefficient (Wildman–Crippen LogP) is 2.92. The first-order chi connectivity index (χ1) is 12.3. The van der Waals surface area contributed by atoms with Gasteiger partial charge < -0.3 is 19.7 Å². The van der Waals surface area contributed by atoms with E-state index >= 15 is 0 Å². The number of fused-ring (bicyclic) bond motifs is 1. The maximum absolute atomic E-state index is 12.1. The highest BCUT2D eigenvalue weighted by Crippen LogP contribution is 2.60. The highest BCUT2D eigenvalue weighted by molar-refractivity contribution is 8.24. The normalized spacial score (nSPS) is 12.1. The molecule has 0 saturated heterocycles. The van der Waals surface area contributed by atoms with Gasteiger partial charge in [-0.2, -0.15) is 5.26 Å².